The zero-order valence-electron chi connectivity index (χ0n) is 13.9. The number of carbonyl (C=O) groups excluding carboxylic acids is 1. The van der Waals surface area contributed by atoms with E-state index < -0.39 is 0 Å². The summed E-state index contributed by atoms with van der Waals surface area (Å²) in [4.78, 5) is 26.8. The third-order valence-electron chi connectivity index (χ3n) is 4.49. The fourth-order valence-corrected chi connectivity index (χ4v) is 3.15. The van der Waals surface area contributed by atoms with E-state index in [1.807, 2.05) is 17.0 Å². The molecule has 0 bridgehead atoms. The Morgan fingerprint density at radius 2 is 1.92 bits per heavy atom. The lowest BCUT2D eigenvalue weighted by Gasteiger charge is -2.30. The monoisotopic (exact) mass is 369 g/mol. The SMILES string of the molecule is O=C(c1ccc(Cl)nc1)N1CCC(c2nc(-c3ccncc3)no2)CC1. The lowest BCUT2D eigenvalue weighted by molar-refractivity contribution is 0.0704. The highest BCUT2D eigenvalue weighted by molar-refractivity contribution is 6.29. The normalized spacial score (nSPS) is 15.2. The molecule has 0 radical (unpaired) electrons. The number of hydrogen-bond acceptors (Lipinski definition) is 6. The second-order valence-electron chi connectivity index (χ2n) is 6.13. The van der Waals surface area contributed by atoms with Gasteiger partial charge in [-0.25, -0.2) is 4.98 Å². The van der Waals surface area contributed by atoms with Crippen LogP contribution in [0.2, 0.25) is 5.15 Å². The van der Waals surface area contributed by atoms with Crippen molar-refractivity contribution in [2.24, 2.45) is 0 Å². The fraction of sp³-hybridized carbons (Fsp3) is 0.278. The topological polar surface area (TPSA) is 85.0 Å². The molecule has 1 aliphatic heterocycles. The number of amides is 1. The maximum Gasteiger partial charge on any atom is 0.255 e. The summed E-state index contributed by atoms with van der Waals surface area (Å²) in [6, 6.07) is 7.01. The van der Waals surface area contributed by atoms with E-state index in [4.69, 9.17) is 16.1 Å². The lowest BCUT2D eigenvalue weighted by Crippen LogP contribution is -2.38. The van der Waals surface area contributed by atoms with Gasteiger partial charge in [-0.1, -0.05) is 16.8 Å². The van der Waals surface area contributed by atoms with E-state index in [1.165, 1.54) is 6.20 Å². The second kappa shape index (κ2) is 7.21. The fourth-order valence-electron chi connectivity index (χ4n) is 3.03. The number of carbonyl (C=O) groups is 1. The third kappa shape index (κ3) is 3.43. The molecule has 1 aliphatic rings. The summed E-state index contributed by atoms with van der Waals surface area (Å²) in [6.07, 6.45) is 6.47. The first kappa shape index (κ1) is 16.7. The Hall–Kier alpha value is -2.80. The lowest BCUT2D eigenvalue weighted by atomic mass is 9.96. The van der Waals surface area contributed by atoms with Crippen LogP contribution < -0.4 is 0 Å². The molecule has 4 heterocycles. The van der Waals surface area contributed by atoms with Crippen LogP contribution in [-0.4, -0.2) is 44.0 Å². The molecule has 0 saturated carbocycles. The van der Waals surface area contributed by atoms with Crippen LogP contribution in [0.15, 0.2) is 47.4 Å². The van der Waals surface area contributed by atoms with Gasteiger partial charge < -0.3 is 9.42 Å². The molecule has 3 aromatic heterocycles. The summed E-state index contributed by atoms with van der Waals surface area (Å²) >= 11 is 5.77. The molecule has 0 aromatic carbocycles. The van der Waals surface area contributed by atoms with Gasteiger partial charge in [-0.2, -0.15) is 4.98 Å². The molecule has 1 fully saturated rings. The smallest absolute Gasteiger partial charge is 0.255 e. The number of hydrogen-bond donors (Lipinski definition) is 0. The summed E-state index contributed by atoms with van der Waals surface area (Å²) in [6.45, 7) is 1.28. The quantitative estimate of drug-likeness (QED) is 0.659. The minimum Gasteiger partial charge on any atom is -0.339 e. The van der Waals surface area contributed by atoms with Crippen LogP contribution in [0.4, 0.5) is 0 Å². The highest BCUT2D eigenvalue weighted by Crippen LogP contribution is 2.29. The Labute approximate surface area is 155 Å². The van der Waals surface area contributed by atoms with Crippen molar-refractivity contribution in [1.82, 2.24) is 25.0 Å². The number of rotatable bonds is 3. The first-order chi connectivity index (χ1) is 12.7. The van der Waals surface area contributed by atoms with Crippen molar-refractivity contribution in [2.75, 3.05) is 13.1 Å². The molecule has 0 aliphatic carbocycles. The first-order valence-electron chi connectivity index (χ1n) is 8.35. The van der Waals surface area contributed by atoms with Crippen LogP contribution in [-0.2, 0) is 0 Å². The number of aromatic nitrogens is 4. The molecule has 26 heavy (non-hydrogen) atoms. The Morgan fingerprint density at radius 1 is 1.15 bits per heavy atom. The number of likely N-dealkylation sites (tertiary alicyclic amines) is 1. The highest BCUT2D eigenvalue weighted by atomic mass is 35.5. The van der Waals surface area contributed by atoms with E-state index in [0.29, 0.717) is 35.5 Å². The average Bonchev–Trinajstić information content (AvgIpc) is 3.19. The summed E-state index contributed by atoms with van der Waals surface area (Å²) in [5, 5.41) is 4.43. The summed E-state index contributed by atoms with van der Waals surface area (Å²) in [7, 11) is 0. The summed E-state index contributed by atoms with van der Waals surface area (Å²) < 4.78 is 5.44. The molecule has 7 nitrogen and oxygen atoms in total. The molecule has 0 spiro atoms. The van der Waals surface area contributed by atoms with Gasteiger partial charge in [-0.05, 0) is 37.1 Å². The van der Waals surface area contributed by atoms with Crippen LogP contribution in [0, 0.1) is 0 Å². The van der Waals surface area contributed by atoms with Gasteiger partial charge in [0, 0.05) is 43.2 Å². The van der Waals surface area contributed by atoms with Gasteiger partial charge in [0.25, 0.3) is 5.91 Å². The number of piperidine rings is 1. The molecule has 1 saturated heterocycles. The van der Waals surface area contributed by atoms with Crippen molar-refractivity contribution in [3.05, 3.63) is 59.5 Å². The number of nitrogens with zero attached hydrogens (tertiary/aromatic N) is 5. The van der Waals surface area contributed by atoms with E-state index >= 15 is 0 Å². The van der Waals surface area contributed by atoms with Crippen molar-refractivity contribution >= 4 is 17.5 Å². The standard InChI is InChI=1S/C18H16ClN5O2/c19-15-2-1-14(11-21-15)18(25)24-9-5-13(6-10-24)17-22-16(23-26-17)12-3-7-20-8-4-12/h1-4,7-8,11,13H,5-6,9-10H2. The summed E-state index contributed by atoms with van der Waals surface area (Å²) in [5.74, 6) is 1.31. The molecule has 0 atom stereocenters. The maximum atomic E-state index is 12.5. The Morgan fingerprint density at radius 3 is 2.62 bits per heavy atom. The van der Waals surface area contributed by atoms with E-state index in [-0.39, 0.29) is 11.8 Å². The third-order valence-corrected chi connectivity index (χ3v) is 4.71. The minimum absolute atomic E-state index is 0.0318. The molecule has 4 rings (SSSR count). The highest BCUT2D eigenvalue weighted by Gasteiger charge is 2.28. The van der Waals surface area contributed by atoms with Crippen LogP contribution >= 0.6 is 11.6 Å². The Kier molecular flexibility index (Phi) is 4.62. The van der Waals surface area contributed by atoms with Crippen LogP contribution in [0.5, 0.6) is 0 Å². The van der Waals surface area contributed by atoms with E-state index in [1.54, 1.807) is 24.5 Å². The maximum absolute atomic E-state index is 12.5. The Bertz CT molecular complexity index is 889. The van der Waals surface area contributed by atoms with Crippen LogP contribution in [0.25, 0.3) is 11.4 Å². The molecule has 0 N–H and O–H groups in total. The van der Waals surface area contributed by atoms with Crippen molar-refractivity contribution in [3.8, 4) is 11.4 Å². The predicted molar refractivity (Wildman–Crippen MR) is 94.7 cm³/mol. The van der Waals surface area contributed by atoms with Gasteiger partial charge in [0.05, 0.1) is 5.56 Å². The van der Waals surface area contributed by atoms with Gasteiger partial charge in [0.15, 0.2) is 0 Å². The zero-order valence-corrected chi connectivity index (χ0v) is 14.6. The molecule has 8 heteroatoms. The summed E-state index contributed by atoms with van der Waals surface area (Å²) in [5.41, 5.74) is 1.42. The zero-order chi connectivity index (χ0) is 17.9. The van der Waals surface area contributed by atoms with Gasteiger partial charge in [-0.15, -0.1) is 0 Å². The largest absolute Gasteiger partial charge is 0.339 e. The molecule has 1 amide bonds. The van der Waals surface area contributed by atoms with Crippen molar-refractivity contribution in [1.29, 1.82) is 0 Å². The predicted octanol–water partition coefficient (Wildman–Crippen LogP) is 3.20. The van der Waals surface area contributed by atoms with E-state index in [0.717, 1.165) is 18.4 Å². The Balaban J connectivity index is 1.40. The van der Waals surface area contributed by atoms with Crippen molar-refractivity contribution < 1.29 is 9.32 Å². The number of halogens is 1. The average molecular weight is 370 g/mol. The van der Waals surface area contributed by atoms with Crippen LogP contribution in [0.1, 0.15) is 35.0 Å². The van der Waals surface area contributed by atoms with Gasteiger partial charge >= 0.3 is 0 Å². The molecule has 0 unspecified atom stereocenters. The molecular weight excluding hydrogens is 354 g/mol. The van der Waals surface area contributed by atoms with Gasteiger partial charge in [-0.3, -0.25) is 9.78 Å². The first-order valence-corrected chi connectivity index (χ1v) is 8.73. The molecule has 3 aromatic rings. The second-order valence-corrected chi connectivity index (χ2v) is 6.52. The van der Waals surface area contributed by atoms with Gasteiger partial charge in [0.2, 0.25) is 11.7 Å². The minimum atomic E-state index is -0.0318. The molecule has 132 valence electrons. The van der Waals surface area contributed by atoms with Gasteiger partial charge in [0.1, 0.15) is 5.15 Å². The van der Waals surface area contributed by atoms with E-state index in [2.05, 4.69) is 20.1 Å². The number of pyridine rings is 2. The van der Waals surface area contributed by atoms with Crippen molar-refractivity contribution in [3.63, 3.8) is 0 Å². The molecular formula is C18H16ClN5O2. The van der Waals surface area contributed by atoms with Crippen LogP contribution in [0.3, 0.4) is 0 Å². The van der Waals surface area contributed by atoms with E-state index in [9.17, 15) is 4.79 Å². The van der Waals surface area contributed by atoms with Crippen molar-refractivity contribution in [2.45, 2.75) is 18.8 Å².